The second-order valence-electron chi connectivity index (χ2n) is 4.97. The zero-order valence-corrected chi connectivity index (χ0v) is 12.1. The summed E-state index contributed by atoms with van der Waals surface area (Å²) in [6.45, 7) is 12.4. The largest absolute Gasteiger partial charge is 0.353 e. The highest BCUT2D eigenvalue weighted by Gasteiger charge is 2.08. The minimum absolute atomic E-state index is 0.0503. The van der Waals surface area contributed by atoms with Crippen LogP contribution in [0.25, 0.3) is 0 Å². The van der Waals surface area contributed by atoms with Gasteiger partial charge in [0, 0.05) is 30.5 Å². The van der Waals surface area contributed by atoms with Crippen LogP contribution in [0, 0.1) is 13.8 Å². The van der Waals surface area contributed by atoms with Crippen LogP contribution in [0.4, 0.5) is 0 Å². The topological polar surface area (TPSA) is 46.1 Å². The molecule has 102 valence electrons. The fraction of sp³-hybridized carbons (Fsp3) is 0.643. The van der Waals surface area contributed by atoms with Crippen molar-refractivity contribution in [1.29, 1.82) is 0 Å². The Morgan fingerprint density at radius 1 is 1.39 bits per heavy atom. The number of amides is 1. The molecule has 1 aromatic heterocycles. The van der Waals surface area contributed by atoms with Gasteiger partial charge in [0.1, 0.15) is 0 Å². The maximum absolute atomic E-state index is 11.5. The Kier molecular flexibility index (Phi) is 5.41. The highest BCUT2D eigenvalue weighted by atomic mass is 16.1. The van der Waals surface area contributed by atoms with Crippen molar-refractivity contribution in [3.63, 3.8) is 0 Å². The molecule has 0 aliphatic heterocycles. The second-order valence-corrected chi connectivity index (χ2v) is 4.97. The predicted molar refractivity (Wildman–Crippen MR) is 74.6 cm³/mol. The number of carbonyl (C=O) groups is 1. The van der Waals surface area contributed by atoms with Gasteiger partial charge in [-0.15, -0.1) is 0 Å². The van der Waals surface area contributed by atoms with E-state index in [2.05, 4.69) is 42.0 Å². The number of hydrogen-bond donors (Lipinski definition) is 2. The van der Waals surface area contributed by atoms with E-state index in [0.717, 1.165) is 13.1 Å². The molecule has 0 fully saturated rings. The summed E-state index contributed by atoms with van der Waals surface area (Å²) in [4.78, 5) is 11.5. The molecular formula is C14H25N3O. The number of aryl methyl sites for hydroxylation is 1. The molecule has 4 heteroatoms. The average Bonchev–Trinajstić information content (AvgIpc) is 2.53. The summed E-state index contributed by atoms with van der Waals surface area (Å²) >= 11 is 0. The lowest BCUT2D eigenvalue weighted by Gasteiger charge is -2.09. The first kappa shape index (κ1) is 14.8. The van der Waals surface area contributed by atoms with Crippen LogP contribution in [-0.2, 0) is 17.9 Å². The first-order valence-corrected chi connectivity index (χ1v) is 6.61. The lowest BCUT2D eigenvalue weighted by Crippen LogP contribution is -2.37. The van der Waals surface area contributed by atoms with E-state index < -0.39 is 0 Å². The van der Waals surface area contributed by atoms with Gasteiger partial charge in [0.2, 0.25) is 5.91 Å². The molecule has 0 aliphatic rings. The maximum Gasteiger partial charge on any atom is 0.234 e. The van der Waals surface area contributed by atoms with Gasteiger partial charge in [0.15, 0.2) is 0 Å². The van der Waals surface area contributed by atoms with Crippen LogP contribution in [0.15, 0.2) is 6.07 Å². The predicted octanol–water partition coefficient (Wildman–Crippen LogP) is 1.74. The Bertz CT molecular complexity index is 407. The molecule has 0 radical (unpaired) electrons. The summed E-state index contributed by atoms with van der Waals surface area (Å²) in [5.74, 6) is 0.0503. The van der Waals surface area contributed by atoms with E-state index in [9.17, 15) is 4.79 Å². The SMILES string of the molecule is CCn1c(C)cc(CNCC(=O)NC(C)C)c1C. The first-order chi connectivity index (χ1) is 8.45. The zero-order chi connectivity index (χ0) is 13.7. The van der Waals surface area contributed by atoms with Crippen LogP contribution in [0.5, 0.6) is 0 Å². The minimum atomic E-state index is 0.0503. The van der Waals surface area contributed by atoms with E-state index in [0.29, 0.717) is 6.54 Å². The first-order valence-electron chi connectivity index (χ1n) is 6.61. The Balaban J connectivity index is 2.47. The lowest BCUT2D eigenvalue weighted by molar-refractivity contribution is -0.120. The summed E-state index contributed by atoms with van der Waals surface area (Å²) in [6, 6.07) is 2.39. The van der Waals surface area contributed by atoms with E-state index in [1.165, 1.54) is 17.0 Å². The molecule has 2 N–H and O–H groups in total. The summed E-state index contributed by atoms with van der Waals surface area (Å²) in [5.41, 5.74) is 3.83. The Morgan fingerprint density at radius 2 is 2.06 bits per heavy atom. The van der Waals surface area contributed by atoms with Crippen molar-refractivity contribution in [2.75, 3.05) is 6.54 Å². The van der Waals surface area contributed by atoms with Gasteiger partial charge in [0.05, 0.1) is 6.54 Å². The van der Waals surface area contributed by atoms with Crippen LogP contribution in [0.1, 0.15) is 37.7 Å². The molecule has 1 amide bonds. The molecule has 0 aromatic carbocycles. The van der Waals surface area contributed by atoms with Crippen LogP contribution >= 0.6 is 0 Å². The third-order valence-corrected chi connectivity index (χ3v) is 3.05. The zero-order valence-electron chi connectivity index (χ0n) is 12.1. The van der Waals surface area contributed by atoms with Gasteiger partial charge in [-0.25, -0.2) is 0 Å². The normalized spacial score (nSPS) is 11.0. The van der Waals surface area contributed by atoms with E-state index in [1.54, 1.807) is 0 Å². The van der Waals surface area contributed by atoms with E-state index in [1.807, 2.05) is 13.8 Å². The van der Waals surface area contributed by atoms with Crippen molar-refractivity contribution < 1.29 is 4.79 Å². The van der Waals surface area contributed by atoms with Gasteiger partial charge in [-0.3, -0.25) is 4.79 Å². The molecule has 1 heterocycles. The third-order valence-electron chi connectivity index (χ3n) is 3.05. The van der Waals surface area contributed by atoms with Gasteiger partial charge in [-0.2, -0.15) is 0 Å². The van der Waals surface area contributed by atoms with Crippen molar-refractivity contribution in [1.82, 2.24) is 15.2 Å². The third kappa shape index (κ3) is 3.88. The van der Waals surface area contributed by atoms with Gasteiger partial charge in [-0.1, -0.05) is 0 Å². The van der Waals surface area contributed by atoms with Gasteiger partial charge in [0.25, 0.3) is 0 Å². The number of carbonyl (C=O) groups excluding carboxylic acids is 1. The highest BCUT2D eigenvalue weighted by Crippen LogP contribution is 2.14. The molecule has 4 nitrogen and oxygen atoms in total. The van der Waals surface area contributed by atoms with Gasteiger partial charge in [-0.05, 0) is 46.2 Å². The van der Waals surface area contributed by atoms with Crippen molar-refractivity contribution in [2.24, 2.45) is 0 Å². The van der Waals surface area contributed by atoms with E-state index in [-0.39, 0.29) is 11.9 Å². The fourth-order valence-corrected chi connectivity index (χ4v) is 2.22. The Labute approximate surface area is 110 Å². The van der Waals surface area contributed by atoms with Gasteiger partial charge >= 0.3 is 0 Å². The summed E-state index contributed by atoms with van der Waals surface area (Å²) in [5, 5.41) is 6.05. The smallest absolute Gasteiger partial charge is 0.234 e. The van der Waals surface area contributed by atoms with Crippen molar-refractivity contribution >= 4 is 5.91 Å². The molecule has 0 aliphatic carbocycles. The number of nitrogens with one attached hydrogen (secondary N) is 2. The molecule has 1 rings (SSSR count). The molecule has 0 saturated carbocycles. The summed E-state index contributed by atoms with van der Waals surface area (Å²) in [7, 11) is 0. The summed E-state index contributed by atoms with van der Waals surface area (Å²) < 4.78 is 2.28. The molecular weight excluding hydrogens is 226 g/mol. The average molecular weight is 251 g/mol. The minimum Gasteiger partial charge on any atom is -0.353 e. The lowest BCUT2D eigenvalue weighted by atomic mass is 10.2. The molecule has 0 unspecified atom stereocenters. The molecule has 0 saturated heterocycles. The Hall–Kier alpha value is -1.29. The van der Waals surface area contributed by atoms with Crippen LogP contribution in [0.2, 0.25) is 0 Å². The number of aromatic nitrogens is 1. The monoisotopic (exact) mass is 251 g/mol. The molecule has 0 bridgehead atoms. The number of hydrogen-bond acceptors (Lipinski definition) is 2. The van der Waals surface area contributed by atoms with Crippen LogP contribution in [0.3, 0.4) is 0 Å². The standard InChI is InChI=1S/C14H25N3O/c1-6-17-11(4)7-13(12(17)5)8-15-9-14(18)16-10(2)3/h7,10,15H,6,8-9H2,1-5H3,(H,16,18). The molecule has 1 aromatic rings. The number of nitrogens with zero attached hydrogens (tertiary/aromatic N) is 1. The molecule has 0 atom stereocenters. The van der Waals surface area contributed by atoms with Crippen molar-refractivity contribution in [3.8, 4) is 0 Å². The molecule has 18 heavy (non-hydrogen) atoms. The van der Waals surface area contributed by atoms with Gasteiger partial charge < -0.3 is 15.2 Å². The maximum atomic E-state index is 11.5. The fourth-order valence-electron chi connectivity index (χ4n) is 2.22. The molecule has 0 spiro atoms. The number of rotatable bonds is 6. The van der Waals surface area contributed by atoms with Crippen molar-refractivity contribution in [2.45, 2.75) is 53.8 Å². The van der Waals surface area contributed by atoms with E-state index >= 15 is 0 Å². The van der Waals surface area contributed by atoms with Crippen LogP contribution in [-0.4, -0.2) is 23.1 Å². The summed E-state index contributed by atoms with van der Waals surface area (Å²) in [6.07, 6.45) is 0. The highest BCUT2D eigenvalue weighted by molar-refractivity contribution is 5.78. The second kappa shape index (κ2) is 6.59. The van der Waals surface area contributed by atoms with Crippen LogP contribution < -0.4 is 10.6 Å². The van der Waals surface area contributed by atoms with Crippen molar-refractivity contribution in [3.05, 3.63) is 23.0 Å². The van der Waals surface area contributed by atoms with E-state index in [4.69, 9.17) is 0 Å². The quantitative estimate of drug-likeness (QED) is 0.809. The Morgan fingerprint density at radius 3 is 2.56 bits per heavy atom.